The number of aliphatic imine (C=N–C) groups is 6. The summed E-state index contributed by atoms with van der Waals surface area (Å²) in [6.07, 6.45) is 4.08. The van der Waals surface area contributed by atoms with Crippen molar-refractivity contribution in [2.75, 3.05) is 0 Å². The van der Waals surface area contributed by atoms with Gasteiger partial charge in [0.25, 0.3) is 0 Å². The van der Waals surface area contributed by atoms with Crippen LogP contribution in [0, 0.1) is 112 Å². The molecule has 0 bridgehead atoms. The van der Waals surface area contributed by atoms with Gasteiger partial charge in [-0.2, -0.15) is 0 Å². The van der Waals surface area contributed by atoms with Gasteiger partial charge in [-0.1, -0.05) is 359 Å². The Morgan fingerprint density at radius 3 is 0.353 bits per heavy atom. The molecule has 0 spiro atoms. The van der Waals surface area contributed by atoms with E-state index in [4.69, 9.17) is 0 Å². The van der Waals surface area contributed by atoms with E-state index in [9.17, 15) is 0 Å². The maximum absolute atomic E-state index is 4.54. The predicted octanol–water partition coefficient (Wildman–Crippen LogP) is 23.9. The first kappa shape index (κ1) is 103. The van der Waals surface area contributed by atoms with E-state index < -0.39 is 0 Å². The van der Waals surface area contributed by atoms with Crippen molar-refractivity contribution in [2.45, 2.75) is 396 Å². The van der Waals surface area contributed by atoms with Crippen LogP contribution in [0.15, 0.2) is 30.0 Å². The Morgan fingerprint density at radius 1 is 0.224 bits per heavy atom. The fourth-order valence-electron chi connectivity index (χ4n) is 5.81. The zero-order chi connectivity index (χ0) is 68.0. The predicted molar refractivity (Wildman–Crippen MR) is 388 cm³/mol. The fourth-order valence-corrected chi connectivity index (χ4v) is 5.81. The van der Waals surface area contributed by atoms with Gasteiger partial charge in [0.2, 0.25) is 0 Å². The van der Waals surface area contributed by atoms with Crippen molar-refractivity contribution in [3.8, 4) is 0 Å². The number of unbranched alkanes of at least 4 members (excludes halogenated alkanes) is 2. The summed E-state index contributed by atoms with van der Waals surface area (Å²) in [4.78, 5) is 27.2. The summed E-state index contributed by atoms with van der Waals surface area (Å²) in [5.41, 5.74) is 0.384. The molecule has 0 saturated carbocycles. The van der Waals surface area contributed by atoms with E-state index >= 15 is 0 Å². The van der Waals surface area contributed by atoms with Crippen molar-refractivity contribution in [1.29, 1.82) is 0 Å². The van der Waals surface area contributed by atoms with Crippen LogP contribution in [0.2, 0.25) is 0 Å². The van der Waals surface area contributed by atoms with Crippen LogP contribution in [0.3, 0.4) is 0 Å². The van der Waals surface area contributed by atoms with Crippen LogP contribution < -0.4 is 0 Å². The van der Waals surface area contributed by atoms with Crippen LogP contribution in [-0.4, -0.2) is 108 Å². The second-order valence-corrected chi connectivity index (χ2v) is 31.5. The van der Waals surface area contributed by atoms with Crippen molar-refractivity contribution in [1.82, 2.24) is 0 Å². The van der Waals surface area contributed by atoms with Crippen molar-refractivity contribution >= 4 is 35.0 Å². The van der Waals surface area contributed by atoms with Crippen LogP contribution in [0.5, 0.6) is 0 Å². The maximum Gasteiger partial charge on any atom is 3.00 e. The van der Waals surface area contributed by atoms with Gasteiger partial charge in [-0.25, -0.2) is 0 Å². The Morgan fingerprint density at radius 2 is 0.318 bits per heavy atom. The first-order valence-electron chi connectivity index (χ1n) is 32.6. The van der Waals surface area contributed by atoms with Crippen LogP contribution in [-0.2, 0) is 0 Å². The summed E-state index contributed by atoms with van der Waals surface area (Å²) in [5, 5.41) is 27.2. The monoisotopic (exact) mass is 1490 g/mol. The van der Waals surface area contributed by atoms with Crippen molar-refractivity contribution in [3.63, 3.8) is 0 Å². The smallest absolute Gasteiger partial charge is 0.466 e. The molecule has 0 rings (SSSR count). The Kier molecular flexibility index (Phi) is 63.2. The zero-order valence-corrected chi connectivity index (χ0v) is 69.7. The summed E-state index contributed by atoms with van der Waals surface area (Å²) in [6.45, 7) is 93.2. The van der Waals surface area contributed by atoms with Crippen LogP contribution in [0.25, 0.3) is 31.9 Å². The van der Waals surface area contributed by atoms with Gasteiger partial charge in [-0.05, 0) is 105 Å². The van der Waals surface area contributed by atoms with E-state index in [2.05, 4.69) is 366 Å². The summed E-state index contributed by atoms with van der Waals surface area (Å²) >= 11 is 0. The number of hydrogen-bond donors (Lipinski definition) is 0. The van der Waals surface area contributed by atoms with E-state index in [1.165, 1.54) is 19.3 Å². The van der Waals surface area contributed by atoms with Crippen molar-refractivity contribution in [2.24, 2.45) is 62.4 Å². The third-order valence-corrected chi connectivity index (χ3v) is 9.30. The molecule has 0 aromatic heterocycles. The van der Waals surface area contributed by atoms with E-state index in [1.807, 2.05) is 0 Å². The third-order valence-electron chi connectivity index (χ3n) is 9.30. The molecule has 0 aromatic rings. The average Bonchev–Trinajstić information content (AvgIpc) is 3.20. The second-order valence-electron chi connectivity index (χ2n) is 31.5. The van der Waals surface area contributed by atoms with Crippen molar-refractivity contribution < 1.29 is 79.9 Å². The Balaban J connectivity index is -0.000000114. The molecule has 0 saturated heterocycles. The first-order chi connectivity index (χ1) is 36.8. The van der Waals surface area contributed by atoms with Gasteiger partial charge in [0.15, 0.2) is 0 Å². The van der Waals surface area contributed by atoms with Crippen LogP contribution in [0.1, 0.15) is 324 Å². The summed E-state index contributed by atoms with van der Waals surface area (Å²) in [5.74, 6) is 5.90. The van der Waals surface area contributed by atoms with Crippen molar-refractivity contribution in [3.05, 3.63) is 31.9 Å². The molecule has 0 N–H and O–H groups in total. The van der Waals surface area contributed by atoms with Gasteiger partial charge in [-0.3, -0.25) is 0 Å². The summed E-state index contributed by atoms with van der Waals surface area (Å²) in [7, 11) is 0. The molecule has 0 aliphatic heterocycles. The largest absolute Gasteiger partial charge is 3.00 e. The molecule has 2 radical (unpaired) electrons. The van der Waals surface area contributed by atoms with Gasteiger partial charge < -0.3 is 61.9 Å². The van der Waals surface area contributed by atoms with E-state index in [-0.39, 0.29) is 112 Å². The molecule has 0 atom stereocenters. The molecule has 0 heterocycles. The molecule has 0 amide bonds. The molecular formula is C71H150Gd2N12. The Bertz CT molecular complexity index is 1430. The molecule has 0 fully saturated rings. The fraction of sp³-hybridized carbons (Fsp3) is 0.915. The second kappa shape index (κ2) is 52.0. The molecule has 85 heavy (non-hydrogen) atoms. The minimum atomic E-state index is 0. The molecule has 0 aromatic carbocycles. The third kappa shape index (κ3) is 75.8. The minimum Gasteiger partial charge on any atom is -0.466 e. The van der Waals surface area contributed by atoms with Gasteiger partial charge in [0, 0.05) is 0 Å². The Hall–Kier alpha value is -0.531. The SMILES string of the molecule is CC(C)N=C([N-]C(C)C)C(C)(C)C.CC(C)N=C([N-]C(C)C)C(C)(C)C.CC(C)N=C([N-]C(C)C)C(C)(C)C.CC(C)N=C([N-]C(C)C)C(C)(C)C.CC(C)N=C([N-]C(C)C)C(C)(C)C.CC(C)N=C([N-]C(C)C)C(C)(C)C.CCCCC.[Gd+3].[Gd+3]. The molecule has 0 aliphatic carbocycles. The van der Waals surface area contributed by atoms with Crippen LogP contribution >= 0.6 is 0 Å². The molecule has 0 unspecified atom stereocenters. The van der Waals surface area contributed by atoms with Crippen LogP contribution in [0.4, 0.5) is 0 Å². The van der Waals surface area contributed by atoms with E-state index in [0.29, 0.717) is 72.5 Å². The standard InChI is InChI=1S/6C11H23N2.C5H12.2Gd/c6*1-8(2)12-10(11(5,6)7)13-9(3)4;1-3-5-4-2;;/h6*8-9H,1-7H3;3-5H2,1-2H3;;/q6*-1;;2*+3. The van der Waals surface area contributed by atoms with E-state index in [0.717, 1.165) is 35.0 Å². The molecule has 12 nitrogen and oxygen atoms in total. The Labute approximate surface area is 599 Å². The first-order valence-corrected chi connectivity index (χ1v) is 32.6. The molecule has 0 aliphatic rings. The number of rotatable bonds is 14. The summed E-state index contributed by atoms with van der Waals surface area (Å²) < 4.78 is 0. The normalized spacial score (nSPS) is 13.4. The molecular weight excluding hydrogens is 1340 g/mol. The van der Waals surface area contributed by atoms with Gasteiger partial charge in [0.05, 0.1) is 0 Å². The van der Waals surface area contributed by atoms with Gasteiger partial charge in [-0.15, -0.1) is 0 Å². The van der Waals surface area contributed by atoms with E-state index in [1.54, 1.807) is 0 Å². The summed E-state index contributed by atoms with van der Waals surface area (Å²) in [6, 6.07) is 3.96. The topological polar surface area (TPSA) is 159 Å². The average molecular weight is 1490 g/mol. The number of nitrogens with zero attached hydrogens (tertiary/aromatic N) is 12. The van der Waals surface area contributed by atoms with Gasteiger partial charge >= 0.3 is 79.9 Å². The van der Waals surface area contributed by atoms with Gasteiger partial charge in [0.1, 0.15) is 0 Å². The molecule has 14 heteroatoms. The number of amidine groups is 6. The quantitative estimate of drug-likeness (QED) is 0.120. The maximum atomic E-state index is 4.54. The zero-order valence-electron chi connectivity index (χ0n) is 65.1. The number of hydrogen-bond acceptors (Lipinski definition) is 6. The minimum absolute atomic E-state index is 0. The molecule has 510 valence electrons.